The number of rotatable bonds is 6. The van der Waals surface area contributed by atoms with Gasteiger partial charge in [-0.15, -0.1) is 0 Å². The van der Waals surface area contributed by atoms with Gasteiger partial charge in [-0.1, -0.05) is 74.3 Å². The van der Waals surface area contributed by atoms with Crippen LogP contribution in [0.25, 0.3) is 0 Å². The molecule has 33 heavy (non-hydrogen) atoms. The molecule has 7 atom stereocenters. The van der Waals surface area contributed by atoms with E-state index in [0.717, 1.165) is 12.0 Å². The number of imide groups is 1. The number of alkyl halides is 2. The Labute approximate surface area is 209 Å². The second-order valence-electron chi connectivity index (χ2n) is 8.95. The van der Waals surface area contributed by atoms with Crippen LogP contribution in [0, 0.1) is 23.7 Å². The number of hydrogen-bond acceptors (Lipinski definition) is 4. The van der Waals surface area contributed by atoms with Crippen LogP contribution in [0.4, 0.5) is 5.69 Å². The number of likely N-dealkylation sites (tertiary alicyclic amines) is 1. The molecule has 2 aromatic carbocycles. The summed E-state index contributed by atoms with van der Waals surface area (Å²) >= 11 is 7.44. The van der Waals surface area contributed by atoms with Crippen molar-refractivity contribution >= 4 is 55.3 Å². The molecule has 0 spiro atoms. The molecule has 0 unspecified atom stereocenters. The first-order valence-corrected chi connectivity index (χ1v) is 12.9. The summed E-state index contributed by atoms with van der Waals surface area (Å²) in [6.07, 6.45) is 1.10. The first-order chi connectivity index (χ1) is 15.9. The smallest absolute Gasteiger partial charge is 0.248 e. The zero-order valence-corrected chi connectivity index (χ0v) is 21.2. The van der Waals surface area contributed by atoms with E-state index >= 15 is 0 Å². The van der Waals surface area contributed by atoms with E-state index in [1.54, 1.807) is 18.2 Å². The van der Waals surface area contributed by atoms with Crippen molar-refractivity contribution in [1.82, 2.24) is 4.90 Å². The van der Waals surface area contributed by atoms with Gasteiger partial charge < -0.3 is 10.1 Å². The molecule has 3 aliphatic rings. The standard InChI is InChI=1S/C25H24Br2N2O4/c1-33-18-10-6-5-9-16(18)28-23(30)17(11-13-7-3-2-4-8-13)29-24(31)19-14-12-15(20(19)25(29)32)22(27)21(14)26/h2-10,14-15,17,19-22H,11-12H2,1H3,(H,28,30)/t14-,15-,17+,19-,20+,21-,22+/m1/s1. The van der Waals surface area contributed by atoms with Crippen molar-refractivity contribution in [2.24, 2.45) is 23.7 Å². The number of benzene rings is 2. The van der Waals surface area contributed by atoms with Crippen molar-refractivity contribution < 1.29 is 19.1 Å². The predicted molar refractivity (Wildman–Crippen MR) is 131 cm³/mol. The van der Waals surface area contributed by atoms with E-state index in [-0.39, 0.29) is 51.6 Å². The van der Waals surface area contributed by atoms with E-state index in [1.165, 1.54) is 12.0 Å². The SMILES string of the molecule is COc1ccccc1NC(=O)[C@H](Cc1ccccc1)N1C(=O)[C@@H]2[C@H]3C[C@@H]([C@H](Br)[C@@H]3Br)[C@@H]2C1=O. The predicted octanol–water partition coefficient (Wildman–Crippen LogP) is 4.02. The van der Waals surface area contributed by atoms with Crippen LogP contribution in [0.15, 0.2) is 54.6 Å². The maximum absolute atomic E-state index is 13.6. The number of carbonyl (C=O) groups is 3. The molecule has 1 saturated heterocycles. The second-order valence-corrected chi connectivity index (χ2v) is 11.1. The number of fused-ring (bicyclic) bond motifs is 5. The molecule has 2 bridgehead atoms. The minimum atomic E-state index is -0.940. The summed E-state index contributed by atoms with van der Waals surface area (Å²) in [5.41, 5.74) is 1.39. The Kier molecular flexibility index (Phi) is 6.07. The molecule has 0 radical (unpaired) electrons. The molecule has 2 aromatic rings. The van der Waals surface area contributed by atoms with E-state index in [1.807, 2.05) is 36.4 Å². The number of para-hydroxylation sites is 2. The highest BCUT2D eigenvalue weighted by atomic mass is 79.9. The van der Waals surface area contributed by atoms with Gasteiger partial charge in [0.15, 0.2) is 0 Å². The van der Waals surface area contributed by atoms with Gasteiger partial charge in [-0.3, -0.25) is 19.3 Å². The number of halogens is 2. The summed E-state index contributed by atoms with van der Waals surface area (Å²) in [6, 6.07) is 15.6. The molecule has 0 aromatic heterocycles. The van der Waals surface area contributed by atoms with Crippen molar-refractivity contribution in [2.75, 3.05) is 12.4 Å². The summed E-state index contributed by atoms with van der Waals surface area (Å²) in [5.74, 6) is -0.863. The summed E-state index contributed by atoms with van der Waals surface area (Å²) in [4.78, 5) is 42.3. The summed E-state index contributed by atoms with van der Waals surface area (Å²) in [7, 11) is 1.53. The third-order valence-electron chi connectivity index (χ3n) is 7.27. The van der Waals surface area contributed by atoms with E-state index in [2.05, 4.69) is 37.2 Å². The van der Waals surface area contributed by atoms with Crippen LogP contribution in [-0.2, 0) is 20.8 Å². The maximum atomic E-state index is 13.6. The first-order valence-electron chi connectivity index (χ1n) is 11.0. The monoisotopic (exact) mass is 574 g/mol. The third-order valence-corrected chi connectivity index (χ3v) is 10.5. The van der Waals surface area contributed by atoms with E-state index in [9.17, 15) is 14.4 Å². The minimum Gasteiger partial charge on any atom is -0.495 e. The Morgan fingerprint density at radius 1 is 1.00 bits per heavy atom. The van der Waals surface area contributed by atoms with Crippen LogP contribution in [0.3, 0.4) is 0 Å². The maximum Gasteiger partial charge on any atom is 0.248 e. The fourth-order valence-electron chi connectivity index (χ4n) is 5.78. The van der Waals surface area contributed by atoms with Crippen molar-refractivity contribution in [3.05, 3.63) is 60.2 Å². The molecular weight excluding hydrogens is 552 g/mol. The third kappa shape index (κ3) is 3.71. The van der Waals surface area contributed by atoms with Gasteiger partial charge in [0, 0.05) is 16.1 Å². The largest absolute Gasteiger partial charge is 0.495 e. The molecular formula is C25H24Br2N2O4. The Morgan fingerprint density at radius 3 is 2.18 bits per heavy atom. The van der Waals surface area contributed by atoms with E-state index in [0.29, 0.717) is 11.4 Å². The van der Waals surface area contributed by atoms with Crippen LogP contribution in [0.1, 0.15) is 12.0 Å². The lowest BCUT2D eigenvalue weighted by Crippen LogP contribution is -2.49. The van der Waals surface area contributed by atoms with Crippen molar-refractivity contribution in [3.63, 3.8) is 0 Å². The Balaban J connectivity index is 1.48. The molecule has 2 aliphatic carbocycles. The number of nitrogens with zero attached hydrogens (tertiary/aromatic N) is 1. The Bertz CT molecular complexity index is 1060. The zero-order valence-electron chi connectivity index (χ0n) is 18.0. The number of nitrogens with one attached hydrogen (secondary N) is 1. The number of amides is 3. The summed E-state index contributed by atoms with van der Waals surface area (Å²) in [5, 5.41) is 2.89. The molecule has 1 aliphatic heterocycles. The zero-order chi connectivity index (χ0) is 23.3. The average molecular weight is 576 g/mol. The minimum absolute atomic E-state index is 0.0977. The first kappa shape index (κ1) is 22.6. The van der Waals surface area contributed by atoms with Crippen molar-refractivity contribution in [1.29, 1.82) is 0 Å². The van der Waals surface area contributed by atoms with Crippen molar-refractivity contribution in [3.8, 4) is 5.75 Å². The van der Waals surface area contributed by atoms with Crippen LogP contribution < -0.4 is 10.1 Å². The Hall–Kier alpha value is -2.19. The number of methoxy groups -OCH3 is 1. The van der Waals surface area contributed by atoms with Gasteiger partial charge in [0.25, 0.3) is 0 Å². The molecule has 1 N–H and O–H groups in total. The normalized spacial score (nSPS) is 30.9. The topological polar surface area (TPSA) is 75.7 Å². The van der Waals surface area contributed by atoms with Gasteiger partial charge in [-0.25, -0.2) is 0 Å². The Morgan fingerprint density at radius 2 is 1.58 bits per heavy atom. The average Bonchev–Trinajstić information content (AvgIpc) is 3.43. The van der Waals surface area contributed by atoms with Crippen LogP contribution >= 0.6 is 31.9 Å². The lowest BCUT2D eigenvalue weighted by Gasteiger charge is -2.28. The summed E-state index contributed by atoms with van der Waals surface area (Å²) < 4.78 is 5.36. The highest BCUT2D eigenvalue weighted by Gasteiger charge is 2.67. The molecule has 3 amide bonds. The van der Waals surface area contributed by atoms with Crippen molar-refractivity contribution in [2.45, 2.75) is 28.5 Å². The molecule has 8 heteroatoms. The number of hydrogen-bond donors (Lipinski definition) is 1. The van der Waals surface area contributed by atoms with E-state index in [4.69, 9.17) is 4.74 Å². The molecule has 5 rings (SSSR count). The van der Waals surface area contributed by atoms with Gasteiger partial charge >= 0.3 is 0 Å². The number of ether oxygens (including phenoxy) is 1. The molecule has 2 saturated carbocycles. The second kappa shape index (κ2) is 8.87. The van der Waals surface area contributed by atoms with Gasteiger partial charge in [-0.05, 0) is 36.0 Å². The summed E-state index contributed by atoms with van der Waals surface area (Å²) in [6.45, 7) is 0. The fraction of sp³-hybridized carbons (Fsp3) is 0.400. The van der Waals surface area contributed by atoms with Crippen LogP contribution in [-0.4, -0.2) is 45.4 Å². The van der Waals surface area contributed by atoms with Gasteiger partial charge in [-0.2, -0.15) is 0 Å². The van der Waals surface area contributed by atoms with Gasteiger partial charge in [0.2, 0.25) is 17.7 Å². The highest BCUT2D eigenvalue weighted by molar-refractivity contribution is 9.12. The number of anilines is 1. The lowest BCUT2D eigenvalue weighted by molar-refractivity contribution is -0.147. The number of carbonyl (C=O) groups excluding carboxylic acids is 3. The molecule has 172 valence electrons. The molecule has 6 nitrogen and oxygen atoms in total. The van der Waals surface area contributed by atoms with Gasteiger partial charge in [0.05, 0.1) is 24.6 Å². The fourth-order valence-corrected chi connectivity index (χ4v) is 7.65. The van der Waals surface area contributed by atoms with E-state index < -0.39 is 11.9 Å². The van der Waals surface area contributed by atoms with Crippen LogP contribution in [0.5, 0.6) is 5.75 Å². The quantitative estimate of drug-likeness (QED) is 0.417. The highest BCUT2D eigenvalue weighted by Crippen LogP contribution is 2.60. The lowest BCUT2D eigenvalue weighted by atomic mass is 9.81. The van der Waals surface area contributed by atoms with Crippen LogP contribution in [0.2, 0.25) is 0 Å². The molecule has 3 fully saturated rings. The van der Waals surface area contributed by atoms with Gasteiger partial charge in [0.1, 0.15) is 11.8 Å². The molecule has 1 heterocycles.